The molecule has 0 aliphatic carbocycles. The summed E-state index contributed by atoms with van der Waals surface area (Å²) in [5.41, 5.74) is 5.74. The van der Waals surface area contributed by atoms with Crippen molar-refractivity contribution in [3.8, 4) is 0 Å². The summed E-state index contributed by atoms with van der Waals surface area (Å²) in [7, 11) is 0. The van der Waals surface area contributed by atoms with Gasteiger partial charge in [-0.2, -0.15) is 0 Å². The molecule has 0 fully saturated rings. The first kappa shape index (κ1) is 20.2. The number of para-hydroxylation sites is 2. The van der Waals surface area contributed by atoms with Crippen molar-refractivity contribution in [1.29, 1.82) is 0 Å². The van der Waals surface area contributed by atoms with Crippen LogP contribution in [0.4, 0.5) is 0 Å². The fourth-order valence-corrected chi connectivity index (χ4v) is 3.25. The molecule has 1 aliphatic heterocycles. The normalized spacial score (nSPS) is 12.2. The second kappa shape index (κ2) is 8.54. The van der Waals surface area contributed by atoms with Gasteiger partial charge in [-0.05, 0) is 35.7 Å². The summed E-state index contributed by atoms with van der Waals surface area (Å²) in [6.45, 7) is 4.63. The van der Waals surface area contributed by atoms with E-state index >= 15 is 0 Å². The lowest BCUT2D eigenvalue weighted by Crippen LogP contribution is -2.27. The molecule has 4 rings (SSSR count). The minimum absolute atomic E-state index is 0. The highest BCUT2D eigenvalue weighted by molar-refractivity contribution is 5.85. The van der Waals surface area contributed by atoms with Gasteiger partial charge in [-0.15, -0.1) is 24.8 Å². The highest BCUT2D eigenvalue weighted by Gasteiger charge is 2.12. The van der Waals surface area contributed by atoms with Crippen molar-refractivity contribution in [1.82, 2.24) is 20.2 Å². The number of fused-ring (bicyclic) bond motifs is 2. The lowest BCUT2D eigenvalue weighted by atomic mass is 10.1. The van der Waals surface area contributed by atoms with E-state index in [1.165, 1.54) is 11.1 Å². The van der Waals surface area contributed by atoms with Gasteiger partial charge in [-0.1, -0.05) is 30.3 Å². The zero-order valence-electron chi connectivity index (χ0n) is 14.5. The zero-order chi connectivity index (χ0) is 16.5. The largest absolute Gasteiger partial charge is 0.350 e. The molecule has 0 unspecified atom stereocenters. The van der Waals surface area contributed by atoms with Gasteiger partial charge in [0.25, 0.3) is 0 Å². The van der Waals surface area contributed by atoms with E-state index in [1.807, 2.05) is 35.8 Å². The van der Waals surface area contributed by atoms with Gasteiger partial charge in [0.2, 0.25) is 5.91 Å². The second-order valence-electron chi connectivity index (χ2n) is 6.22. The van der Waals surface area contributed by atoms with Gasteiger partial charge in [0, 0.05) is 19.6 Å². The van der Waals surface area contributed by atoms with Gasteiger partial charge < -0.3 is 15.2 Å². The molecule has 138 valence electrons. The lowest BCUT2D eigenvalue weighted by molar-refractivity contribution is -0.121. The molecule has 2 N–H and O–H groups in total. The van der Waals surface area contributed by atoms with E-state index in [4.69, 9.17) is 0 Å². The Hall–Kier alpha value is -2.08. The summed E-state index contributed by atoms with van der Waals surface area (Å²) >= 11 is 0. The van der Waals surface area contributed by atoms with Gasteiger partial charge in [0.05, 0.1) is 11.0 Å². The van der Waals surface area contributed by atoms with Crippen LogP contribution in [0.3, 0.4) is 0 Å². The van der Waals surface area contributed by atoms with Crippen molar-refractivity contribution in [2.24, 2.45) is 0 Å². The molecular formula is C19H22Cl2N4O. The molecule has 2 heterocycles. The first-order valence-electron chi connectivity index (χ1n) is 8.21. The van der Waals surface area contributed by atoms with Gasteiger partial charge >= 0.3 is 0 Å². The van der Waals surface area contributed by atoms with E-state index in [1.54, 1.807) is 0 Å². The van der Waals surface area contributed by atoms with Crippen molar-refractivity contribution in [3.05, 3.63) is 65.0 Å². The average Bonchev–Trinajstić information content (AvgIpc) is 3.17. The van der Waals surface area contributed by atoms with Crippen LogP contribution < -0.4 is 10.6 Å². The zero-order valence-corrected chi connectivity index (χ0v) is 16.1. The fraction of sp³-hybridized carbons (Fsp3) is 0.263. The number of halogens is 2. The van der Waals surface area contributed by atoms with Gasteiger partial charge in [-0.25, -0.2) is 4.98 Å². The van der Waals surface area contributed by atoms with Gasteiger partial charge in [0.1, 0.15) is 12.4 Å². The first-order chi connectivity index (χ1) is 11.7. The Labute approximate surface area is 165 Å². The smallest absolute Gasteiger partial charge is 0.240 e. The van der Waals surface area contributed by atoms with Crippen LogP contribution in [0.5, 0.6) is 0 Å². The van der Waals surface area contributed by atoms with E-state index in [0.717, 1.165) is 35.5 Å². The molecule has 0 radical (unpaired) electrons. The molecule has 1 aliphatic rings. The van der Waals surface area contributed by atoms with E-state index in [-0.39, 0.29) is 30.7 Å². The maximum atomic E-state index is 12.3. The standard InChI is InChI=1S/C19H20N4O.2ClH/c1-13-22-17-4-2-3-5-18(17)23(13)12-19(24)21-9-14-6-7-15-10-20-11-16(15)8-14;;/h2-8,20H,9-12H2,1H3,(H,21,24);2*1H. The molecule has 0 spiro atoms. The topological polar surface area (TPSA) is 59.0 Å². The number of carbonyl (C=O) groups excluding carboxylic acids is 1. The number of aromatic nitrogens is 2. The Morgan fingerprint density at radius 2 is 1.92 bits per heavy atom. The third-order valence-electron chi connectivity index (χ3n) is 4.54. The van der Waals surface area contributed by atoms with Crippen LogP contribution in [0.15, 0.2) is 42.5 Å². The number of hydrogen-bond donors (Lipinski definition) is 2. The third-order valence-corrected chi connectivity index (χ3v) is 4.54. The number of nitrogens with zero attached hydrogens (tertiary/aromatic N) is 2. The molecule has 1 aromatic heterocycles. The highest BCUT2D eigenvalue weighted by Crippen LogP contribution is 2.17. The number of nitrogens with one attached hydrogen (secondary N) is 2. The summed E-state index contributed by atoms with van der Waals surface area (Å²) in [5, 5.41) is 6.35. The van der Waals surface area contributed by atoms with Crippen LogP contribution in [0.1, 0.15) is 22.5 Å². The second-order valence-corrected chi connectivity index (χ2v) is 6.22. The van der Waals surface area contributed by atoms with Crippen molar-refractivity contribution in [3.63, 3.8) is 0 Å². The predicted octanol–water partition coefficient (Wildman–Crippen LogP) is 3.11. The SMILES string of the molecule is Cc1nc2ccccc2n1CC(=O)NCc1ccc2c(c1)CNC2.Cl.Cl. The number of aryl methyl sites for hydroxylation is 1. The lowest BCUT2D eigenvalue weighted by Gasteiger charge is -2.09. The molecule has 26 heavy (non-hydrogen) atoms. The van der Waals surface area contributed by atoms with E-state index < -0.39 is 0 Å². The summed E-state index contributed by atoms with van der Waals surface area (Å²) < 4.78 is 1.96. The Morgan fingerprint density at radius 1 is 1.15 bits per heavy atom. The number of carbonyl (C=O) groups is 1. The quantitative estimate of drug-likeness (QED) is 0.716. The van der Waals surface area contributed by atoms with Gasteiger partial charge in [-0.3, -0.25) is 4.79 Å². The molecule has 2 aromatic carbocycles. The van der Waals surface area contributed by atoms with E-state index in [9.17, 15) is 4.79 Å². The maximum absolute atomic E-state index is 12.3. The van der Waals surface area contributed by atoms with Crippen LogP contribution in [0.25, 0.3) is 11.0 Å². The minimum atomic E-state index is -0.000114. The van der Waals surface area contributed by atoms with Crippen LogP contribution in [-0.4, -0.2) is 15.5 Å². The Bertz CT molecular complexity index is 923. The first-order valence-corrected chi connectivity index (χ1v) is 8.21. The summed E-state index contributed by atoms with van der Waals surface area (Å²) in [5.74, 6) is 0.856. The molecule has 3 aromatic rings. The summed E-state index contributed by atoms with van der Waals surface area (Å²) in [6.07, 6.45) is 0. The molecule has 0 saturated heterocycles. The summed E-state index contributed by atoms with van der Waals surface area (Å²) in [6, 6.07) is 14.3. The molecule has 0 atom stereocenters. The molecule has 0 bridgehead atoms. The Kier molecular flexibility index (Phi) is 6.64. The Morgan fingerprint density at radius 3 is 2.77 bits per heavy atom. The molecule has 7 heteroatoms. The summed E-state index contributed by atoms with van der Waals surface area (Å²) in [4.78, 5) is 16.8. The van der Waals surface area contributed by atoms with Crippen molar-refractivity contribution in [2.45, 2.75) is 33.1 Å². The molecule has 1 amide bonds. The number of amides is 1. The third kappa shape index (κ3) is 4.01. The van der Waals surface area contributed by atoms with Crippen LogP contribution in [0, 0.1) is 6.92 Å². The predicted molar refractivity (Wildman–Crippen MR) is 108 cm³/mol. The van der Waals surface area contributed by atoms with Crippen molar-refractivity contribution < 1.29 is 4.79 Å². The molecule has 5 nitrogen and oxygen atoms in total. The molecular weight excluding hydrogens is 371 g/mol. The van der Waals surface area contributed by atoms with E-state index in [0.29, 0.717) is 13.1 Å². The Balaban J connectivity index is 0.00000121. The van der Waals surface area contributed by atoms with Crippen molar-refractivity contribution in [2.75, 3.05) is 0 Å². The molecule has 0 saturated carbocycles. The average molecular weight is 393 g/mol. The van der Waals surface area contributed by atoms with Crippen LogP contribution in [0.2, 0.25) is 0 Å². The number of hydrogen-bond acceptors (Lipinski definition) is 3. The monoisotopic (exact) mass is 392 g/mol. The minimum Gasteiger partial charge on any atom is -0.350 e. The number of rotatable bonds is 4. The number of imidazole rings is 1. The maximum Gasteiger partial charge on any atom is 0.240 e. The van der Waals surface area contributed by atoms with Crippen molar-refractivity contribution >= 4 is 41.8 Å². The highest BCUT2D eigenvalue weighted by atomic mass is 35.5. The van der Waals surface area contributed by atoms with E-state index in [2.05, 4.69) is 33.8 Å². The van der Waals surface area contributed by atoms with Gasteiger partial charge in [0.15, 0.2) is 0 Å². The number of benzene rings is 2. The van der Waals surface area contributed by atoms with Crippen LogP contribution >= 0.6 is 24.8 Å². The fourth-order valence-electron chi connectivity index (χ4n) is 3.25. The van der Waals surface area contributed by atoms with Crippen LogP contribution in [-0.2, 0) is 31.0 Å².